The Bertz CT molecular complexity index is 1450. The van der Waals surface area contributed by atoms with Crippen LogP contribution < -0.4 is 21.5 Å². The summed E-state index contributed by atoms with van der Waals surface area (Å²) >= 11 is 0. The fourth-order valence-electron chi connectivity index (χ4n) is 3.62. The van der Waals surface area contributed by atoms with Crippen LogP contribution in [-0.4, -0.2) is 22.1 Å². The van der Waals surface area contributed by atoms with E-state index in [0.717, 1.165) is 39.0 Å². The quantitative estimate of drug-likeness (QED) is 0.323. The maximum Gasteiger partial charge on any atom is 0.163 e. The van der Waals surface area contributed by atoms with E-state index in [4.69, 9.17) is 26.2 Å². The first-order chi connectivity index (χ1) is 16.1. The van der Waals surface area contributed by atoms with E-state index in [1.165, 1.54) is 0 Å². The maximum atomic E-state index is 6.02. The molecule has 2 heterocycles. The molecule has 5 rings (SSSR count). The molecule has 33 heavy (non-hydrogen) atoms. The number of nitrogen functional groups attached to an aromatic ring is 2. The van der Waals surface area contributed by atoms with Gasteiger partial charge in [-0.05, 0) is 65.7 Å². The van der Waals surface area contributed by atoms with Gasteiger partial charge in [0.05, 0.1) is 24.0 Å². The number of benzene rings is 3. The van der Waals surface area contributed by atoms with Crippen molar-refractivity contribution in [1.29, 1.82) is 0 Å². The molecule has 0 atom stereocenters. The van der Waals surface area contributed by atoms with Gasteiger partial charge in [0.1, 0.15) is 11.6 Å². The highest BCUT2D eigenvalue weighted by atomic mass is 16.5. The van der Waals surface area contributed by atoms with E-state index >= 15 is 0 Å². The van der Waals surface area contributed by atoms with Crippen LogP contribution >= 0.6 is 0 Å². The lowest BCUT2D eigenvalue weighted by molar-refractivity contribution is 0.415. The Labute approximate surface area is 191 Å². The Morgan fingerprint density at radius 1 is 0.788 bits per heavy atom. The third-order valence-corrected chi connectivity index (χ3v) is 5.37. The summed E-state index contributed by atoms with van der Waals surface area (Å²) in [7, 11) is 1.66. The molecule has 3 aromatic carbocycles. The number of anilines is 4. The minimum Gasteiger partial charge on any atom is -0.497 e. The summed E-state index contributed by atoms with van der Waals surface area (Å²) in [5, 5.41) is 4.27. The second-order valence-corrected chi connectivity index (χ2v) is 7.57. The van der Waals surface area contributed by atoms with Gasteiger partial charge in [-0.3, -0.25) is 4.98 Å². The molecule has 0 fully saturated rings. The zero-order chi connectivity index (χ0) is 22.8. The van der Waals surface area contributed by atoms with Gasteiger partial charge >= 0.3 is 0 Å². The number of fused-ring (bicyclic) bond motifs is 1. The van der Waals surface area contributed by atoms with Crippen molar-refractivity contribution in [2.24, 2.45) is 0 Å². The summed E-state index contributed by atoms with van der Waals surface area (Å²) in [5.41, 5.74) is 17.4. The van der Waals surface area contributed by atoms with Gasteiger partial charge in [-0.25, -0.2) is 9.97 Å². The van der Waals surface area contributed by atoms with Crippen LogP contribution in [0.25, 0.3) is 33.4 Å². The number of nitrogens with one attached hydrogen (secondary N) is 1. The number of nitrogens with zero attached hydrogens (tertiary/aromatic N) is 3. The standard InChI is InChI=1S/C26H22N6O/c1-33-20-6-2-4-16(12-20)17-7-10-24-21(13-17)26(30-19-8-9-22(27)23(28)14-19)32-25(31-24)18-5-3-11-29-15-18/h2-15H,27-28H2,1H3,(H,30,31,32). The lowest BCUT2D eigenvalue weighted by Crippen LogP contribution is -2.01. The Kier molecular flexibility index (Phi) is 5.20. The first-order valence-corrected chi connectivity index (χ1v) is 10.4. The van der Waals surface area contributed by atoms with E-state index in [1.807, 2.05) is 54.6 Å². The van der Waals surface area contributed by atoms with E-state index in [0.29, 0.717) is 23.0 Å². The Hall–Kier alpha value is -4.65. The molecule has 0 radical (unpaired) electrons. The fourth-order valence-corrected chi connectivity index (χ4v) is 3.62. The number of aromatic nitrogens is 3. The first kappa shape index (κ1) is 20.3. The summed E-state index contributed by atoms with van der Waals surface area (Å²) in [6, 6.07) is 23.3. The van der Waals surface area contributed by atoms with E-state index in [1.54, 1.807) is 31.6 Å². The largest absolute Gasteiger partial charge is 0.497 e. The molecule has 0 aliphatic heterocycles. The molecule has 0 spiro atoms. The van der Waals surface area contributed by atoms with Crippen LogP contribution in [0.1, 0.15) is 0 Å². The van der Waals surface area contributed by atoms with Crippen molar-refractivity contribution in [1.82, 2.24) is 15.0 Å². The van der Waals surface area contributed by atoms with Crippen molar-refractivity contribution < 1.29 is 4.74 Å². The second-order valence-electron chi connectivity index (χ2n) is 7.57. The highest BCUT2D eigenvalue weighted by molar-refractivity contribution is 5.95. The smallest absolute Gasteiger partial charge is 0.163 e. The third kappa shape index (κ3) is 4.12. The molecule has 162 valence electrons. The van der Waals surface area contributed by atoms with Crippen LogP contribution in [0.4, 0.5) is 22.9 Å². The summed E-state index contributed by atoms with van der Waals surface area (Å²) in [4.78, 5) is 13.8. The average Bonchev–Trinajstić information content (AvgIpc) is 2.86. The molecule has 0 bridgehead atoms. The molecule has 7 heteroatoms. The SMILES string of the molecule is COc1cccc(-c2ccc3nc(-c4cccnc4)nc(Nc4ccc(N)c(N)c4)c3c2)c1. The fraction of sp³-hybridized carbons (Fsp3) is 0.0385. The molecule has 5 N–H and O–H groups in total. The number of rotatable bonds is 5. The predicted octanol–water partition coefficient (Wildman–Crippen LogP) is 5.28. The molecule has 2 aromatic heterocycles. The molecule has 0 unspecified atom stereocenters. The van der Waals surface area contributed by atoms with Crippen LogP contribution in [0.3, 0.4) is 0 Å². The van der Waals surface area contributed by atoms with Crippen LogP contribution in [0.2, 0.25) is 0 Å². The van der Waals surface area contributed by atoms with Crippen molar-refractivity contribution in [2.45, 2.75) is 0 Å². The molecular formula is C26H22N6O. The van der Waals surface area contributed by atoms with Crippen molar-refractivity contribution in [3.05, 3.63) is 85.2 Å². The van der Waals surface area contributed by atoms with Gasteiger partial charge < -0.3 is 21.5 Å². The first-order valence-electron chi connectivity index (χ1n) is 10.4. The monoisotopic (exact) mass is 434 g/mol. The number of ether oxygens (including phenoxy) is 1. The van der Waals surface area contributed by atoms with Gasteiger partial charge in [-0.1, -0.05) is 18.2 Å². The van der Waals surface area contributed by atoms with Crippen LogP contribution in [0, 0.1) is 0 Å². The summed E-state index contributed by atoms with van der Waals surface area (Å²) in [5.74, 6) is 2.04. The van der Waals surface area contributed by atoms with Crippen molar-refractivity contribution in [3.63, 3.8) is 0 Å². The molecule has 0 amide bonds. The third-order valence-electron chi connectivity index (χ3n) is 5.37. The maximum absolute atomic E-state index is 6.02. The zero-order valence-electron chi connectivity index (χ0n) is 18.0. The molecule has 0 aliphatic carbocycles. The van der Waals surface area contributed by atoms with Crippen LogP contribution in [0.5, 0.6) is 5.75 Å². The minimum atomic E-state index is 0.503. The predicted molar refractivity (Wildman–Crippen MR) is 133 cm³/mol. The number of hydrogen-bond acceptors (Lipinski definition) is 7. The van der Waals surface area contributed by atoms with Gasteiger partial charge in [0, 0.05) is 29.0 Å². The van der Waals surface area contributed by atoms with Gasteiger partial charge in [-0.2, -0.15) is 0 Å². The average molecular weight is 435 g/mol. The number of nitrogens with two attached hydrogens (primary N) is 2. The van der Waals surface area contributed by atoms with E-state index in [9.17, 15) is 0 Å². The topological polar surface area (TPSA) is 112 Å². The highest BCUT2D eigenvalue weighted by Crippen LogP contribution is 2.33. The summed E-state index contributed by atoms with van der Waals surface area (Å²) < 4.78 is 5.39. The molecule has 7 nitrogen and oxygen atoms in total. The Morgan fingerprint density at radius 3 is 2.42 bits per heavy atom. The van der Waals surface area contributed by atoms with Crippen LogP contribution in [0.15, 0.2) is 85.2 Å². The van der Waals surface area contributed by atoms with Crippen molar-refractivity contribution in [3.8, 4) is 28.3 Å². The molecular weight excluding hydrogens is 412 g/mol. The summed E-state index contributed by atoms with van der Waals surface area (Å²) in [6.07, 6.45) is 3.47. The Morgan fingerprint density at radius 2 is 1.64 bits per heavy atom. The zero-order valence-corrected chi connectivity index (χ0v) is 18.0. The normalized spacial score (nSPS) is 10.8. The van der Waals surface area contributed by atoms with Crippen LogP contribution in [-0.2, 0) is 0 Å². The number of pyridine rings is 1. The van der Waals surface area contributed by atoms with Gasteiger partial charge in [-0.15, -0.1) is 0 Å². The highest BCUT2D eigenvalue weighted by Gasteiger charge is 2.12. The van der Waals surface area contributed by atoms with Gasteiger partial charge in [0.15, 0.2) is 5.82 Å². The minimum absolute atomic E-state index is 0.503. The molecule has 5 aromatic rings. The molecule has 0 saturated heterocycles. The van der Waals surface area contributed by atoms with E-state index < -0.39 is 0 Å². The molecule has 0 saturated carbocycles. The lowest BCUT2D eigenvalue weighted by atomic mass is 10.0. The Balaban J connectivity index is 1.67. The number of hydrogen-bond donors (Lipinski definition) is 3. The lowest BCUT2D eigenvalue weighted by Gasteiger charge is -2.13. The van der Waals surface area contributed by atoms with E-state index in [2.05, 4.69) is 16.4 Å². The second kappa shape index (κ2) is 8.47. The van der Waals surface area contributed by atoms with Gasteiger partial charge in [0.2, 0.25) is 0 Å². The van der Waals surface area contributed by atoms with Crippen molar-refractivity contribution in [2.75, 3.05) is 23.9 Å². The van der Waals surface area contributed by atoms with Crippen molar-refractivity contribution >= 4 is 33.8 Å². The van der Waals surface area contributed by atoms with Gasteiger partial charge in [0.25, 0.3) is 0 Å². The summed E-state index contributed by atoms with van der Waals surface area (Å²) in [6.45, 7) is 0. The van der Waals surface area contributed by atoms with E-state index in [-0.39, 0.29) is 0 Å². The number of methoxy groups -OCH3 is 1. The molecule has 0 aliphatic rings.